The Labute approximate surface area is 53.5 Å². The molecular formula is C4H8Cl2N+. The molecule has 1 nitrogen and oxygen atoms in total. The Morgan fingerprint density at radius 2 is 2.00 bits per heavy atom. The summed E-state index contributed by atoms with van der Waals surface area (Å²) in [5.74, 6) is 0. The van der Waals surface area contributed by atoms with E-state index in [0.29, 0.717) is 0 Å². The molecule has 0 heterocycles. The summed E-state index contributed by atoms with van der Waals surface area (Å²) in [4.78, 5) is -0.412. The molecule has 0 aromatic rings. The Morgan fingerprint density at radius 3 is 2.00 bits per heavy atom. The SMILES string of the molecule is CC=[N+](C)C(Cl)Cl. The van der Waals surface area contributed by atoms with Crippen molar-refractivity contribution < 1.29 is 4.58 Å². The Bertz CT molecular complexity index is 77.8. The topological polar surface area (TPSA) is 3.01 Å². The number of halogens is 2. The van der Waals surface area contributed by atoms with Gasteiger partial charge in [-0.3, -0.25) is 0 Å². The highest BCUT2D eigenvalue weighted by molar-refractivity contribution is 6.42. The van der Waals surface area contributed by atoms with E-state index in [0.717, 1.165) is 0 Å². The highest BCUT2D eigenvalue weighted by Crippen LogP contribution is 1.98. The van der Waals surface area contributed by atoms with Crippen molar-refractivity contribution in [1.82, 2.24) is 0 Å². The molecule has 0 aromatic carbocycles. The highest BCUT2D eigenvalue weighted by atomic mass is 35.5. The van der Waals surface area contributed by atoms with Crippen molar-refractivity contribution in [3.05, 3.63) is 0 Å². The van der Waals surface area contributed by atoms with E-state index in [2.05, 4.69) is 0 Å². The average Bonchev–Trinajstić information content (AvgIpc) is 1.65. The molecule has 0 rings (SSSR count). The van der Waals surface area contributed by atoms with Gasteiger partial charge in [0.15, 0.2) is 0 Å². The van der Waals surface area contributed by atoms with Crippen LogP contribution in [0, 0.1) is 0 Å². The van der Waals surface area contributed by atoms with Crippen LogP contribution in [0.3, 0.4) is 0 Å². The molecule has 0 unspecified atom stereocenters. The number of alkyl halides is 2. The first kappa shape index (κ1) is 7.25. The third-order valence-electron chi connectivity index (χ3n) is 0.715. The maximum Gasteiger partial charge on any atom is 0.304 e. The first-order valence-electron chi connectivity index (χ1n) is 1.98. The van der Waals surface area contributed by atoms with Crippen LogP contribution in [0.1, 0.15) is 6.92 Å². The van der Waals surface area contributed by atoms with Gasteiger partial charge in [0.2, 0.25) is 0 Å². The summed E-state index contributed by atoms with van der Waals surface area (Å²) in [6, 6.07) is 0. The number of hydrogen-bond donors (Lipinski definition) is 0. The van der Waals surface area contributed by atoms with Gasteiger partial charge in [0.25, 0.3) is 0 Å². The first-order chi connectivity index (χ1) is 3.18. The van der Waals surface area contributed by atoms with E-state index in [9.17, 15) is 0 Å². The van der Waals surface area contributed by atoms with Gasteiger partial charge < -0.3 is 0 Å². The fourth-order valence-corrected chi connectivity index (χ4v) is 0.338. The molecule has 0 N–H and O–H groups in total. The molecule has 0 saturated carbocycles. The average molecular weight is 141 g/mol. The molecule has 0 bridgehead atoms. The lowest BCUT2D eigenvalue weighted by Crippen LogP contribution is -2.09. The van der Waals surface area contributed by atoms with Gasteiger partial charge in [-0.05, 0) is 23.2 Å². The van der Waals surface area contributed by atoms with Gasteiger partial charge in [0.1, 0.15) is 13.3 Å². The summed E-state index contributed by atoms with van der Waals surface area (Å²) < 4.78 is 1.70. The summed E-state index contributed by atoms with van der Waals surface area (Å²) >= 11 is 10.8. The van der Waals surface area contributed by atoms with Gasteiger partial charge >= 0.3 is 4.96 Å². The Kier molecular flexibility index (Phi) is 3.39. The van der Waals surface area contributed by atoms with Crippen LogP contribution in [0.15, 0.2) is 0 Å². The molecule has 0 fully saturated rings. The second-order valence-corrected chi connectivity index (χ2v) is 2.25. The Hall–Kier alpha value is 0.250. The van der Waals surface area contributed by atoms with Crippen LogP contribution < -0.4 is 0 Å². The second-order valence-electron chi connectivity index (χ2n) is 1.20. The van der Waals surface area contributed by atoms with Crippen molar-refractivity contribution in [3.63, 3.8) is 0 Å². The van der Waals surface area contributed by atoms with Crippen LogP contribution in [0.2, 0.25) is 0 Å². The summed E-state index contributed by atoms with van der Waals surface area (Å²) in [6.45, 7) is 1.87. The third kappa shape index (κ3) is 2.89. The molecule has 0 saturated heterocycles. The maximum absolute atomic E-state index is 5.39. The summed E-state index contributed by atoms with van der Waals surface area (Å²) in [5, 5.41) is 0. The summed E-state index contributed by atoms with van der Waals surface area (Å²) in [5.41, 5.74) is 0. The number of nitrogens with zero attached hydrogens (tertiary/aromatic N) is 1. The van der Waals surface area contributed by atoms with Crippen molar-refractivity contribution in [1.29, 1.82) is 0 Å². The second kappa shape index (κ2) is 3.28. The molecule has 7 heavy (non-hydrogen) atoms. The summed E-state index contributed by atoms with van der Waals surface area (Å²) in [6.07, 6.45) is 1.81. The molecule has 0 aliphatic heterocycles. The molecule has 0 spiro atoms. The van der Waals surface area contributed by atoms with Crippen LogP contribution in [0.5, 0.6) is 0 Å². The molecule has 0 aromatic heterocycles. The zero-order valence-electron chi connectivity index (χ0n) is 4.36. The quantitative estimate of drug-likeness (QED) is 0.225. The molecule has 0 atom stereocenters. The molecular weight excluding hydrogens is 133 g/mol. The molecule has 3 heteroatoms. The predicted octanol–water partition coefficient (Wildman–Crippen LogP) is 1.48. The van der Waals surface area contributed by atoms with Crippen LogP contribution >= 0.6 is 23.2 Å². The molecule has 0 aliphatic rings. The largest absolute Gasteiger partial charge is 0.304 e. The van der Waals surface area contributed by atoms with Crippen molar-refractivity contribution in [2.24, 2.45) is 0 Å². The lowest BCUT2D eigenvalue weighted by molar-refractivity contribution is -0.489. The van der Waals surface area contributed by atoms with Gasteiger partial charge in [0.05, 0.1) is 0 Å². The van der Waals surface area contributed by atoms with Gasteiger partial charge in [0, 0.05) is 6.92 Å². The van der Waals surface area contributed by atoms with E-state index < -0.39 is 4.96 Å². The maximum atomic E-state index is 5.39. The summed E-state index contributed by atoms with van der Waals surface area (Å²) in [7, 11) is 1.81. The van der Waals surface area contributed by atoms with E-state index in [1.54, 1.807) is 4.58 Å². The molecule has 0 amide bonds. The van der Waals surface area contributed by atoms with Gasteiger partial charge in [-0.15, -0.1) is 0 Å². The fraction of sp³-hybridized carbons (Fsp3) is 0.750. The number of hydrogen-bond acceptors (Lipinski definition) is 0. The lowest BCUT2D eigenvalue weighted by atomic mass is 10.8. The van der Waals surface area contributed by atoms with E-state index in [1.807, 2.05) is 20.2 Å². The van der Waals surface area contributed by atoms with Gasteiger partial charge in [-0.2, -0.15) is 0 Å². The normalized spacial score (nSPS) is 13.0. The molecule has 0 aliphatic carbocycles. The zero-order valence-corrected chi connectivity index (χ0v) is 5.87. The first-order valence-corrected chi connectivity index (χ1v) is 2.85. The van der Waals surface area contributed by atoms with Crippen LogP contribution in [0.25, 0.3) is 0 Å². The van der Waals surface area contributed by atoms with Crippen molar-refractivity contribution >= 4 is 29.4 Å². The fourth-order valence-electron chi connectivity index (χ4n) is 0.113. The molecule has 42 valence electrons. The minimum Gasteiger partial charge on any atom is -0.212 e. The van der Waals surface area contributed by atoms with Crippen LogP contribution in [-0.4, -0.2) is 22.8 Å². The van der Waals surface area contributed by atoms with Crippen molar-refractivity contribution in [2.75, 3.05) is 7.05 Å². The third-order valence-corrected chi connectivity index (χ3v) is 1.33. The van der Waals surface area contributed by atoms with Crippen molar-refractivity contribution in [3.8, 4) is 0 Å². The Balaban J connectivity index is 3.56. The van der Waals surface area contributed by atoms with E-state index in [-0.39, 0.29) is 0 Å². The zero-order chi connectivity index (χ0) is 5.86. The van der Waals surface area contributed by atoms with Gasteiger partial charge in [-0.1, -0.05) is 0 Å². The lowest BCUT2D eigenvalue weighted by Gasteiger charge is -1.90. The van der Waals surface area contributed by atoms with Crippen LogP contribution in [-0.2, 0) is 0 Å². The van der Waals surface area contributed by atoms with E-state index >= 15 is 0 Å². The highest BCUT2D eigenvalue weighted by Gasteiger charge is 2.03. The Morgan fingerprint density at radius 1 is 1.57 bits per heavy atom. The van der Waals surface area contributed by atoms with E-state index in [1.165, 1.54) is 0 Å². The van der Waals surface area contributed by atoms with Gasteiger partial charge in [-0.25, -0.2) is 4.58 Å². The smallest absolute Gasteiger partial charge is 0.212 e. The monoisotopic (exact) mass is 140 g/mol. The standard InChI is InChI=1S/C4H8Cl2N/c1-3-7(2)4(5)6/h3-4H,1-2H3/q+1. The van der Waals surface area contributed by atoms with Crippen molar-refractivity contribution in [2.45, 2.75) is 11.9 Å². The van der Waals surface area contributed by atoms with E-state index in [4.69, 9.17) is 23.2 Å². The minimum atomic E-state index is -0.412. The van der Waals surface area contributed by atoms with Crippen LogP contribution in [0.4, 0.5) is 0 Å². The minimum absolute atomic E-state index is 0.412. The molecule has 0 radical (unpaired) electrons. The predicted molar refractivity (Wildman–Crippen MR) is 33.4 cm³/mol. The number of rotatable bonds is 1.